The minimum Gasteiger partial charge on any atom is -0.388 e. The first-order valence-electron chi connectivity index (χ1n) is 5.58. The van der Waals surface area contributed by atoms with Gasteiger partial charge < -0.3 is 15.2 Å². The molecular weight excluding hydrogens is 236 g/mol. The fourth-order valence-electron chi connectivity index (χ4n) is 1.34. The zero-order valence-electron chi connectivity index (χ0n) is 10.2. The molecule has 5 heteroatoms. The molecule has 0 aliphatic rings. The van der Waals surface area contributed by atoms with Crippen LogP contribution in [0.1, 0.15) is 25.1 Å². The Morgan fingerprint density at radius 1 is 1.59 bits per heavy atom. The van der Waals surface area contributed by atoms with Crippen molar-refractivity contribution in [1.29, 1.82) is 0 Å². The summed E-state index contributed by atoms with van der Waals surface area (Å²) in [6, 6.07) is 3.75. The standard InChI is InChI=1S/C12H18N2O2S/c1-3-15-7-9(2)16-8-10-5-4-6-14-11(10)12(13)17/h4-6,9H,3,7-8H2,1-2H3,(H2,13,17). The maximum atomic E-state index is 5.64. The predicted octanol–water partition coefficient (Wildman–Crippen LogP) is 1.66. The summed E-state index contributed by atoms with van der Waals surface area (Å²) in [5, 5.41) is 0. The molecule has 1 heterocycles. The minimum absolute atomic E-state index is 0.0364. The summed E-state index contributed by atoms with van der Waals surface area (Å²) in [6.45, 7) is 5.64. The van der Waals surface area contributed by atoms with Crippen LogP contribution in [0.3, 0.4) is 0 Å². The highest BCUT2D eigenvalue weighted by Crippen LogP contribution is 2.08. The van der Waals surface area contributed by atoms with Gasteiger partial charge in [-0.1, -0.05) is 18.3 Å². The topological polar surface area (TPSA) is 57.4 Å². The van der Waals surface area contributed by atoms with Crippen molar-refractivity contribution in [3.8, 4) is 0 Å². The van der Waals surface area contributed by atoms with E-state index in [4.69, 9.17) is 27.4 Å². The SMILES string of the molecule is CCOCC(C)OCc1cccnc1C(N)=S. The van der Waals surface area contributed by atoms with E-state index in [-0.39, 0.29) is 6.10 Å². The fraction of sp³-hybridized carbons (Fsp3) is 0.500. The third-order valence-corrected chi connectivity index (χ3v) is 2.40. The molecule has 1 atom stereocenters. The van der Waals surface area contributed by atoms with Gasteiger partial charge in [0.2, 0.25) is 0 Å². The average Bonchev–Trinajstić information content (AvgIpc) is 2.34. The number of aromatic nitrogens is 1. The quantitative estimate of drug-likeness (QED) is 0.750. The molecule has 0 aromatic carbocycles. The second kappa shape index (κ2) is 7.32. The summed E-state index contributed by atoms with van der Waals surface area (Å²) in [5.74, 6) is 0. The van der Waals surface area contributed by atoms with Gasteiger partial charge >= 0.3 is 0 Å². The number of hydrogen-bond donors (Lipinski definition) is 1. The number of pyridine rings is 1. The molecule has 2 N–H and O–H groups in total. The first-order valence-corrected chi connectivity index (χ1v) is 5.99. The number of nitrogens with zero attached hydrogens (tertiary/aromatic N) is 1. The number of ether oxygens (including phenoxy) is 2. The zero-order valence-corrected chi connectivity index (χ0v) is 11.0. The number of nitrogens with two attached hydrogens (primary N) is 1. The first kappa shape index (κ1) is 14.0. The fourth-order valence-corrected chi connectivity index (χ4v) is 1.52. The van der Waals surface area contributed by atoms with Crippen molar-refractivity contribution >= 4 is 17.2 Å². The Balaban J connectivity index is 2.54. The lowest BCUT2D eigenvalue weighted by atomic mass is 10.2. The van der Waals surface area contributed by atoms with E-state index in [0.29, 0.717) is 30.5 Å². The molecule has 0 aliphatic carbocycles. The van der Waals surface area contributed by atoms with Crippen molar-refractivity contribution in [3.63, 3.8) is 0 Å². The Kier molecular flexibility index (Phi) is 6.04. The van der Waals surface area contributed by atoms with E-state index in [1.54, 1.807) is 6.20 Å². The maximum absolute atomic E-state index is 5.64. The van der Waals surface area contributed by atoms with Gasteiger partial charge in [-0.15, -0.1) is 0 Å². The van der Waals surface area contributed by atoms with E-state index < -0.39 is 0 Å². The van der Waals surface area contributed by atoms with Crippen LogP contribution in [-0.2, 0) is 16.1 Å². The second-order valence-corrected chi connectivity index (χ2v) is 4.10. The monoisotopic (exact) mass is 254 g/mol. The molecule has 1 aromatic heterocycles. The van der Waals surface area contributed by atoms with Crippen LogP contribution in [0.15, 0.2) is 18.3 Å². The van der Waals surface area contributed by atoms with E-state index >= 15 is 0 Å². The van der Waals surface area contributed by atoms with Gasteiger partial charge in [-0.3, -0.25) is 4.98 Å². The zero-order chi connectivity index (χ0) is 12.7. The lowest BCUT2D eigenvalue weighted by molar-refractivity contribution is -0.0117. The third kappa shape index (κ3) is 4.77. The highest BCUT2D eigenvalue weighted by Gasteiger charge is 2.08. The van der Waals surface area contributed by atoms with Crippen LogP contribution in [0.5, 0.6) is 0 Å². The molecule has 1 rings (SSSR count). The van der Waals surface area contributed by atoms with Gasteiger partial charge in [0.05, 0.1) is 19.3 Å². The molecule has 0 bridgehead atoms. The van der Waals surface area contributed by atoms with Gasteiger partial charge in [0, 0.05) is 18.4 Å². The Morgan fingerprint density at radius 3 is 3.00 bits per heavy atom. The molecule has 0 saturated carbocycles. The van der Waals surface area contributed by atoms with Crippen LogP contribution < -0.4 is 5.73 Å². The number of thiocarbonyl (C=S) groups is 1. The van der Waals surface area contributed by atoms with Gasteiger partial charge in [-0.05, 0) is 19.9 Å². The van der Waals surface area contributed by atoms with Crippen molar-refractivity contribution in [1.82, 2.24) is 4.98 Å². The number of rotatable bonds is 7. The Hall–Kier alpha value is -1.04. The van der Waals surface area contributed by atoms with Crippen molar-refractivity contribution in [2.24, 2.45) is 5.73 Å². The molecule has 0 amide bonds. The van der Waals surface area contributed by atoms with Crippen molar-refractivity contribution in [3.05, 3.63) is 29.6 Å². The second-order valence-electron chi connectivity index (χ2n) is 3.66. The molecule has 0 spiro atoms. The average molecular weight is 254 g/mol. The summed E-state index contributed by atoms with van der Waals surface area (Å²) >= 11 is 4.93. The largest absolute Gasteiger partial charge is 0.388 e. The highest BCUT2D eigenvalue weighted by molar-refractivity contribution is 7.80. The van der Waals surface area contributed by atoms with Gasteiger partial charge in [0.1, 0.15) is 10.7 Å². The van der Waals surface area contributed by atoms with Crippen LogP contribution in [0.4, 0.5) is 0 Å². The Bertz CT molecular complexity index is 371. The molecule has 0 saturated heterocycles. The summed E-state index contributed by atoms with van der Waals surface area (Å²) in [7, 11) is 0. The van der Waals surface area contributed by atoms with Crippen LogP contribution in [0.2, 0.25) is 0 Å². The van der Waals surface area contributed by atoms with Crippen LogP contribution in [0.25, 0.3) is 0 Å². The van der Waals surface area contributed by atoms with E-state index in [0.717, 1.165) is 5.56 Å². The smallest absolute Gasteiger partial charge is 0.123 e. The summed E-state index contributed by atoms with van der Waals surface area (Å²) in [4.78, 5) is 4.43. The van der Waals surface area contributed by atoms with E-state index in [1.165, 1.54) is 0 Å². The highest BCUT2D eigenvalue weighted by atomic mass is 32.1. The molecule has 4 nitrogen and oxygen atoms in total. The predicted molar refractivity (Wildman–Crippen MR) is 70.9 cm³/mol. The van der Waals surface area contributed by atoms with Crippen LogP contribution >= 0.6 is 12.2 Å². The molecule has 0 fully saturated rings. The van der Waals surface area contributed by atoms with E-state index in [9.17, 15) is 0 Å². The van der Waals surface area contributed by atoms with Gasteiger partial charge in [0.25, 0.3) is 0 Å². The molecule has 0 radical (unpaired) electrons. The lowest BCUT2D eigenvalue weighted by Crippen LogP contribution is -2.19. The first-order chi connectivity index (χ1) is 8.15. The van der Waals surface area contributed by atoms with Crippen molar-refractivity contribution in [2.75, 3.05) is 13.2 Å². The molecule has 1 unspecified atom stereocenters. The molecule has 17 heavy (non-hydrogen) atoms. The normalized spacial score (nSPS) is 12.4. The summed E-state index contributed by atoms with van der Waals surface area (Å²) in [6.07, 6.45) is 1.70. The third-order valence-electron chi connectivity index (χ3n) is 2.20. The molecule has 94 valence electrons. The maximum Gasteiger partial charge on any atom is 0.123 e. The lowest BCUT2D eigenvalue weighted by Gasteiger charge is -2.14. The van der Waals surface area contributed by atoms with E-state index in [2.05, 4.69) is 4.98 Å². The van der Waals surface area contributed by atoms with Crippen LogP contribution in [-0.4, -0.2) is 29.3 Å². The van der Waals surface area contributed by atoms with Crippen LogP contribution in [0, 0.1) is 0 Å². The Labute approximate surface area is 107 Å². The molecule has 1 aromatic rings. The van der Waals surface area contributed by atoms with Gasteiger partial charge in [-0.2, -0.15) is 0 Å². The molecular formula is C12H18N2O2S. The van der Waals surface area contributed by atoms with Gasteiger partial charge in [-0.25, -0.2) is 0 Å². The van der Waals surface area contributed by atoms with Gasteiger partial charge in [0.15, 0.2) is 0 Å². The molecule has 0 aliphatic heterocycles. The van der Waals surface area contributed by atoms with Crippen molar-refractivity contribution in [2.45, 2.75) is 26.6 Å². The summed E-state index contributed by atoms with van der Waals surface area (Å²) in [5.41, 5.74) is 7.13. The number of hydrogen-bond acceptors (Lipinski definition) is 4. The Morgan fingerprint density at radius 2 is 2.35 bits per heavy atom. The minimum atomic E-state index is 0.0364. The summed E-state index contributed by atoms with van der Waals surface area (Å²) < 4.78 is 10.9. The van der Waals surface area contributed by atoms with Crippen molar-refractivity contribution < 1.29 is 9.47 Å². The van der Waals surface area contributed by atoms with E-state index in [1.807, 2.05) is 26.0 Å².